The molecule has 4 rings (SSSR count). The van der Waals surface area contributed by atoms with Gasteiger partial charge >= 0.3 is 0 Å². The molecule has 2 aliphatic rings. The average Bonchev–Trinajstić information content (AvgIpc) is 2.93. The Morgan fingerprint density at radius 1 is 0.684 bits per heavy atom. The van der Waals surface area contributed by atoms with E-state index in [0.29, 0.717) is 49.3 Å². The molecule has 0 N–H and O–H groups in total. The molecule has 0 amide bonds. The van der Waals surface area contributed by atoms with Crippen LogP contribution in [0.1, 0.15) is 119 Å². The van der Waals surface area contributed by atoms with Gasteiger partial charge in [0.25, 0.3) is 0 Å². The summed E-state index contributed by atoms with van der Waals surface area (Å²) >= 11 is 0. The minimum atomic E-state index is -0.978. The van der Waals surface area contributed by atoms with Crippen LogP contribution in [0.2, 0.25) is 0 Å². The Hall–Kier alpha value is -2.08. The quantitative estimate of drug-likeness (QED) is 0.211. The van der Waals surface area contributed by atoms with Crippen molar-refractivity contribution in [1.29, 1.82) is 0 Å². The molecule has 2 nitrogen and oxygen atoms in total. The zero-order valence-electron chi connectivity index (χ0n) is 22.8. The highest BCUT2D eigenvalue weighted by molar-refractivity contribution is 5.32. The molecule has 0 heterocycles. The molecule has 38 heavy (non-hydrogen) atoms. The Morgan fingerprint density at radius 3 is 1.89 bits per heavy atom. The fourth-order valence-corrected chi connectivity index (χ4v) is 6.03. The first-order valence-electron chi connectivity index (χ1n) is 14.6. The van der Waals surface area contributed by atoms with Crippen molar-refractivity contribution in [2.24, 2.45) is 5.92 Å². The van der Waals surface area contributed by atoms with Crippen LogP contribution in [0.5, 0.6) is 5.75 Å². The summed E-state index contributed by atoms with van der Waals surface area (Å²) in [5.74, 6) is -2.65. The highest BCUT2D eigenvalue weighted by atomic mass is 19.2. The van der Waals surface area contributed by atoms with Crippen LogP contribution in [0.15, 0.2) is 24.3 Å². The molecule has 210 valence electrons. The van der Waals surface area contributed by atoms with Crippen molar-refractivity contribution >= 4 is 0 Å². The Bertz CT molecular complexity index is 1040. The molecule has 0 atom stereocenters. The number of hydrogen-bond donors (Lipinski definition) is 0. The Labute approximate surface area is 225 Å². The van der Waals surface area contributed by atoms with Crippen LogP contribution in [-0.4, -0.2) is 12.7 Å². The zero-order chi connectivity index (χ0) is 27.1. The van der Waals surface area contributed by atoms with Crippen molar-refractivity contribution in [3.8, 4) is 5.75 Å². The van der Waals surface area contributed by atoms with Crippen LogP contribution >= 0.6 is 0 Å². The summed E-state index contributed by atoms with van der Waals surface area (Å²) in [5.41, 5.74) is 1.13. The normalized spacial score (nSPS) is 23.9. The summed E-state index contributed by atoms with van der Waals surface area (Å²) in [5, 5.41) is 0. The van der Waals surface area contributed by atoms with E-state index in [9.17, 15) is 8.78 Å². The molecule has 0 aliphatic heterocycles. The highest BCUT2D eigenvalue weighted by Gasteiger charge is 2.29. The standard InChI is InChI=1S/C32H42F4O2/c1-3-4-5-6-19-37-28-18-13-24(29(33)32(28)36)20-38-25-14-11-23(12-15-25)27-17-16-26(30(34)31(27)35)22-9-7-21(2)8-10-22/h13,16-18,21-23,25H,3-12,14-15,19-20H2,1-2H3. The van der Waals surface area contributed by atoms with Crippen LogP contribution in [0.4, 0.5) is 17.6 Å². The topological polar surface area (TPSA) is 18.5 Å². The summed E-state index contributed by atoms with van der Waals surface area (Å²) in [6.45, 7) is 4.65. The van der Waals surface area contributed by atoms with Gasteiger partial charge in [0.05, 0.1) is 19.3 Å². The first-order valence-corrected chi connectivity index (χ1v) is 14.6. The number of ether oxygens (including phenoxy) is 2. The third-order valence-electron chi connectivity index (χ3n) is 8.57. The molecule has 0 bridgehead atoms. The largest absolute Gasteiger partial charge is 0.490 e. The number of benzene rings is 2. The lowest BCUT2D eigenvalue weighted by Gasteiger charge is -2.30. The van der Waals surface area contributed by atoms with Crippen molar-refractivity contribution in [1.82, 2.24) is 0 Å². The molecule has 0 aromatic heterocycles. The Morgan fingerprint density at radius 2 is 1.29 bits per heavy atom. The van der Waals surface area contributed by atoms with Crippen molar-refractivity contribution in [3.05, 3.63) is 64.2 Å². The Kier molecular flexibility index (Phi) is 10.5. The molecule has 2 aromatic carbocycles. The number of unbranched alkanes of at least 4 members (excludes halogenated alkanes) is 3. The predicted molar refractivity (Wildman–Crippen MR) is 143 cm³/mol. The van der Waals surface area contributed by atoms with Crippen molar-refractivity contribution in [2.45, 2.75) is 115 Å². The molecule has 2 fully saturated rings. The second kappa shape index (κ2) is 13.8. The van der Waals surface area contributed by atoms with Gasteiger partial charge in [0.15, 0.2) is 23.2 Å². The summed E-state index contributed by atoms with van der Waals surface area (Å²) < 4.78 is 70.5. The third kappa shape index (κ3) is 7.11. The second-order valence-corrected chi connectivity index (χ2v) is 11.4. The predicted octanol–water partition coefficient (Wildman–Crippen LogP) is 9.74. The van der Waals surface area contributed by atoms with Gasteiger partial charge in [-0.15, -0.1) is 0 Å². The van der Waals surface area contributed by atoms with Gasteiger partial charge in [-0.1, -0.05) is 58.1 Å². The molecule has 0 saturated heterocycles. The lowest BCUT2D eigenvalue weighted by molar-refractivity contribution is 0.0116. The minimum Gasteiger partial charge on any atom is -0.490 e. The van der Waals surface area contributed by atoms with E-state index >= 15 is 8.78 Å². The fraction of sp³-hybridized carbons (Fsp3) is 0.625. The molecule has 0 radical (unpaired) electrons. The summed E-state index contributed by atoms with van der Waals surface area (Å²) in [7, 11) is 0. The van der Waals surface area contributed by atoms with Gasteiger partial charge in [0.1, 0.15) is 0 Å². The average molecular weight is 535 g/mol. The van der Waals surface area contributed by atoms with E-state index < -0.39 is 23.3 Å². The van der Waals surface area contributed by atoms with Gasteiger partial charge in [0.2, 0.25) is 5.82 Å². The van der Waals surface area contributed by atoms with Crippen LogP contribution in [-0.2, 0) is 11.3 Å². The second-order valence-electron chi connectivity index (χ2n) is 11.4. The monoisotopic (exact) mass is 534 g/mol. The number of hydrogen-bond acceptors (Lipinski definition) is 2. The van der Waals surface area contributed by atoms with Crippen LogP contribution in [0.3, 0.4) is 0 Å². The molecule has 0 unspecified atom stereocenters. The van der Waals surface area contributed by atoms with Gasteiger partial charge in [-0.25, -0.2) is 13.2 Å². The van der Waals surface area contributed by atoms with Crippen LogP contribution in [0, 0.1) is 29.2 Å². The maximum atomic E-state index is 15.1. The molecule has 2 saturated carbocycles. The molecule has 2 aliphatic carbocycles. The summed E-state index contributed by atoms with van der Waals surface area (Å²) in [4.78, 5) is 0. The van der Waals surface area contributed by atoms with Gasteiger partial charge < -0.3 is 9.47 Å². The smallest absolute Gasteiger partial charge is 0.200 e. The van der Waals surface area contributed by atoms with Crippen molar-refractivity contribution < 1.29 is 27.0 Å². The van der Waals surface area contributed by atoms with E-state index in [1.54, 1.807) is 12.1 Å². The zero-order valence-corrected chi connectivity index (χ0v) is 22.8. The molecule has 6 heteroatoms. The molecular weight excluding hydrogens is 492 g/mol. The van der Waals surface area contributed by atoms with Gasteiger partial charge in [-0.2, -0.15) is 4.39 Å². The van der Waals surface area contributed by atoms with Gasteiger partial charge in [-0.05, 0) is 86.0 Å². The maximum absolute atomic E-state index is 15.1. The molecule has 2 aromatic rings. The Balaban J connectivity index is 1.27. The van der Waals surface area contributed by atoms with E-state index in [4.69, 9.17) is 9.47 Å². The summed E-state index contributed by atoms with van der Waals surface area (Å²) in [6, 6.07) is 6.55. The van der Waals surface area contributed by atoms with Crippen molar-refractivity contribution in [3.63, 3.8) is 0 Å². The first-order chi connectivity index (χ1) is 18.4. The lowest BCUT2D eigenvalue weighted by atomic mass is 9.77. The third-order valence-corrected chi connectivity index (χ3v) is 8.57. The summed E-state index contributed by atoms with van der Waals surface area (Å²) in [6.07, 6.45) is 10.5. The van der Waals surface area contributed by atoms with E-state index in [2.05, 4.69) is 13.8 Å². The molecule has 0 spiro atoms. The number of rotatable bonds is 11. The SMILES string of the molecule is CCCCCCOc1ccc(COC2CCC(c3ccc(C4CCC(C)CC4)c(F)c3F)CC2)c(F)c1F. The van der Waals surface area contributed by atoms with Crippen molar-refractivity contribution in [2.75, 3.05) is 6.61 Å². The van der Waals surface area contributed by atoms with Gasteiger partial charge in [-0.3, -0.25) is 0 Å². The van der Waals surface area contributed by atoms with Crippen LogP contribution in [0.25, 0.3) is 0 Å². The lowest BCUT2D eigenvalue weighted by Crippen LogP contribution is -2.22. The number of halogens is 4. The molecular formula is C32H42F4O2. The maximum Gasteiger partial charge on any atom is 0.200 e. The van der Waals surface area contributed by atoms with E-state index in [1.807, 2.05) is 0 Å². The van der Waals surface area contributed by atoms with Gasteiger partial charge in [0, 0.05) is 5.56 Å². The van der Waals surface area contributed by atoms with Crippen LogP contribution < -0.4 is 4.74 Å². The first kappa shape index (κ1) is 28.9. The minimum absolute atomic E-state index is 0.0352. The highest BCUT2D eigenvalue weighted by Crippen LogP contribution is 2.41. The van der Waals surface area contributed by atoms with E-state index in [1.165, 1.54) is 12.1 Å². The van der Waals surface area contributed by atoms with E-state index in [0.717, 1.165) is 51.4 Å². The fourth-order valence-electron chi connectivity index (χ4n) is 6.03. The van der Waals surface area contributed by atoms with E-state index in [-0.39, 0.29) is 35.9 Å².